The van der Waals surface area contributed by atoms with Crippen molar-refractivity contribution in [3.8, 4) is 16.9 Å². The Morgan fingerprint density at radius 1 is 0.880 bits per heavy atom. The third kappa shape index (κ3) is 8.18. The molecule has 2 saturated heterocycles. The minimum absolute atomic E-state index is 0.0252. The van der Waals surface area contributed by atoms with Crippen molar-refractivity contribution in [3.05, 3.63) is 90.1 Å². The first-order valence-corrected chi connectivity index (χ1v) is 18.6. The first kappa shape index (κ1) is 34.2. The number of ether oxygens (including phenoxy) is 2. The number of nitrogens with zero attached hydrogens (tertiary/aromatic N) is 3. The van der Waals surface area contributed by atoms with Crippen LogP contribution < -0.4 is 4.74 Å². The van der Waals surface area contributed by atoms with Crippen molar-refractivity contribution >= 4 is 22.9 Å². The second-order valence-electron chi connectivity index (χ2n) is 15.4. The second kappa shape index (κ2) is 14.9. The Bertz CT molecular complexity index is 1770. The second-order valence-corrected chi connectivity index (χ2v) is 15.4. The van der Waals surface area contributed by atoms with Gasteiger partial charge in [-0.05, 0) is 112 Å². The molecule has 264 valence electrons. The van der Waals surface area contributed by atoms with E-state index in [4.69, 9.17) is 9.47 Å². The molecule has 3 fully saturated rings. The SMILES string of the molecule is CC(C)(C)OC(=O)N1CC[C@H](c2cccc(-c3ccc(OCCN4CCCCC4)cc3)c2)[C@@H](C(=O)N(Cc2c[nH]c3ccccc23)C2CC2)C1. The molecule has 2 aliphatic heterocycles. The summed E-state index contributed by atoms with van der Waals surface area (Å²) in [6, 6.07) is 25.5. The van der Waals surface area contributed by atoms with Crippen molar-refractivity contribution in [1.82, 2.24) is 19.7 Å². The fraction of sp³-hybridized carbons (Fsp3) is 0.476. The molecule has 0 radical (unpaired) electrons. The first-order valence-electron chi connectivity index (χ1n) is 18.6. The van der Waals surface area contributed by atoms with Crippen LogP contribution in [-0.2, 0) is 16.1 Å². The van der Waals surface area contributed by atoms with Gasteiger partial charge in [0, 0.05) is 49.3 Å². The molecule has 8 nitrogen and oxygen atoms in total. The highest BCUT2D eigenvalue weighted by Gasteiger charge is 2.43. The lowest BCUT2D eigenvalue weighted by molar-refractivity contribution is -0.139. The molecule has 50 heavy (non-hydrogen) atoms. The van der Waals surface area contributed by atoms with Crippen molar-refractivity contribution in [2.75, 3.05) is 39.3 Å². The molecule has 1 aliphatic carbocycles. The quantitative estimate of drug-likeness (QED) is 0.183. The van der Waals surface area contributed by atoms with Crippen LogP contribution in [0.25, 0.3) is 22.0 Å². The first-order chi connectivity index (χ1) is 24.2. The van der Waals surface area contributed by atoms with Crippen LogP contribution in [0, 0.1) is 5.92 Å². The standard InChI is InChI=1S/C42H52N4O4/c1-42(2,3)50-41(48)45-23-20-36(38(29-45)40(47)46(34-16-17-34)28-33-27-43-39-13-6-5-12-37(33)39)32-11-9-10-31(26-32)30-14-18-35(19-15-30)49-25-24-44-21-7-4-8-22-44/h5-6,9-15,18-19,26-27,34,36,38,43H,4,7-8,16-17,20-25,28-29H2,1-3H3/t36-,38+/m1/s1. The fourth-order valence-corrected chi connectivity index (χ4v) is 7.69. The average molecular weight is 677 g/mol. The largest absolute Gasteiger partial charge is 0.492 e. The number of hydrogen-bond acceptors (Lipinski definition) is 5. The van der Waals surface area contributed by atoms with Gasteiger partial charge in [-0.15, -0.1) is 0 Å². The molecule has 8 heteroatoms. The third-order valence-corrected chi connectivity index (χ3v) is 10.5. The van der Waals surface area contributed by atoms with Crippen molar-refractivity contribution < 1.29 is 19.1 Å². The molecule has 0 unspecified atom stereocenters. The van der Waals surface area contributed by atoms with Crippen LogP contribution in [0.2, 0.25) is 0 Å². The summed E-state index contributed by atoms with van der Waals surface area (Å²) in [5.41, 5.74) is 4.95. The summed E-state index contributed by atoms with van der Waals surface area (Å²) in [5, 5.41) is 1.15. The zero-order valence-corrected chi connectivity index (χ0v) is 29.9. The van der Waals surface area contributed by atoms with Crippen molar-refractivity contribution in [1.29, 1.82) is 0 Å². The maximum Gasteiger partial charge on any atom is 0.410 e. The van der Waals surface area contributed by atoms with Crippen LogP contribution >= 0.6 is 0 Å². The molecule has 1 saturated carbocycles. The van der Waals surface area contributed by atoms with E-state index in [9.17, 15) is 9.59 Å². The lowest BCUT2D eigenvalue weighted by atomic mass is 9.79. The summed E-state index contributed by atoms with van der Waals surface area (Å²) in [6.07, 6.45) is 8.30. The number of aromatic nitrogens is 1. The molecular formula is C42H52N4O4. The maximum atomic E-state index is 14.8. The Hall–Kier alpha value is -4.30. The molecule has 2 amide bonds. The normalized spacial score (nSPS) is 20.1. The van der Waals surface area contributed by atoms with Gasteiger partial charge in [0.2, 0.25) is 5.91 Å². The molecule has 3 heterocycles. The molecule has 7 rings (SSSR count). The van der Waals surface area contributed by atoms with E-state index >= 15 is 0 Å². The third-order valence-electron chi connectivity index (χ3n) is 10.5. The molecule has 0 spiro atoms. The molecule has 0 bridgehead atoms. The number of para-hydroxylation sites is 1. The van der Waals surface area contributed by atoms with Crippen LogP contribution in [0.1, 0.15) is 76.3 Å². The number of aromatic amines is 1. The summed E-state index contributed by atoms with van der Waals surface area (Å²) in [4.78, 5) is 37.8. The van der Waals surface area contributed by atoms with Gasteiger partial charge >= 0.3 is 6.09 Å². The van der Waals surface area contributed by atoms with Gasteiger partial charge in [0.1, 0.15) is 18.0 Å². The van der Waals surface area contributed by atoms with Crippen LogP contribution in [-0.4, -0.2) is 82.7 Å². The Balaban J connectivity index is 1.11. The summed E-state index contributed by atoms with van der Waals surface area (Å²) in [6.45, 7) is 11.1. The number of hydrogen-bond donors (Lipinski definition) is 1. The van der Waals surface area contributed by atoms with Gasteiger partial charge in [-0.25, -0.2) is 4.79 Å². The lowest BCUT2D eigenvalue weighted by Crippen LogP contribution is -2.51. The Labute approximate surface area is 296 Å². The topological polar surface area (TPSA) is 78.1 Å². The molecule has 1 N–H and O–H groups in total. The summed E-state index contributed by atoms with van der Waals surface area (Å²) >= 11 is 0. The molecule has 2 atom stereocenters. The maximum absolute atomic E-state index is 14.8. The van der Waals surface area contributed by atoms with Crippen LogP contribution in [0.4, 0.5) is 4.79 Å². The number of likely N-dealkylation sites (tertiary alicyclic amines) is 2. The molecule has 4 aromatic rings. The average Bonchev–Trinajstić information content (AvgIpc) is 3.89. The number of piperidine rings is 2. The molecular weight excluding hydrogens is 624 g/mol. The van der Waals surface area contributed by atoms with Gasteiger partial charge in [0.05, 0.1) is 5.92 Å². The van der Waals surface area contributed by atoms with Crippen molar-refractivity contribution in [2.45, 2.75) is 83.4 Å². The van der Waals surface area contributed by atoms with Crippen molar-refractivity contribution in [3.63, 3.8) is 0 Å². The van der Waals surface area contributed by atoms with Gasteiger partial charge in [0.15, 0.2) is 0 Å². The summed E-state index contributed by atoms with van der Waals surface area (Å²) in [5.74, 6) is 0.598. The van der Waals surface area contributed by atoms with Crippen LogP contribution in [0.5, 0.6) is 5.75 Å². The highest BCUT2D eigenvalue weighted by Crippen LogP contribution is 2.40. The van der Waals surface area contributed by atoms with Gasteiger partial charge in [0.25, 0.3) is 0 Å². The zero-order chi connectivity index (χ0) is 34.7. The number of carbonyl (C=O) groups excluding carboxylic acids is 2. The van der Waals surface area contributed by atoms with Gasteiger partial charge in [-0.2, -0.15) is 0 Å². The van der Waals surface area contributed by atoms with E-state index in [1.807, 2.05) is 39.1 Å². The molecule has 3 aromatic carbocycles. The number of carbonyl (C=O) groups is 2. The minimum Gasteiger partial charge on any atom is -0.492 e. The van der Waals surface area contributed by atoms with E-state index < -0.39 is 5.60 Å². The number of benzene rings is 3. The van der Waals surface area contributed by atoms with Gasteiger partial charge in [-0.1, -0.05) is 61.0 Å². The highest BCUT2D eigenvalue weighted by molar-refractivity contribution is 5.85. The van der Waals surface area contributed by atoms with E-state index in [-0.39, 0.29) is 29.9 Å². The monoisotopic (exact) mass is 676 g/mol. The Morgan fingerprint density at radius 2 is 1.66 bits per heavy atom. The predicted molar refractivity (Wildman–Crippen MR) is 198 cm³/mol. The highest BCUT2D eigenvalue weighted by atomic mass is 16.6. The molecule has 3 aliphatic rings. The Kier molecular flexibility index (Phi) is 10.2. The summed E-state index contributed by atoms with van der Waals surface area (Å²) < 4.78 is 11.9. The number of rotatable bonds is 10. The van der Waals surface area contributed by atoms with Crippen LogP contribution in [0.15, 0.2) is 79.0 Å². The van der Waals surface area contributed by atoms with E-state index in [1.165, 1.54) is 32.4 Å². The molecule has 1 aromatic heterocycles. The van der Waals surface area contributed by atoms with Crippen LogP contribution in [0.3, 0.4) is 0 Å². The Morgan fingerprint density at radius 3 is 2.42 bits per heavy atom. The van der Waals surface area contributed by atoms with E-state index in [0.717, 1.165) is 58.3 Å². The van der Waals surface area contributed by atoms with E-state index in [2.05, 4.69) is 75.4 Å². The zero-order valence-electron chi connectivity index (χ0n) is 29.9. The van der Waals surface area contributed by atoms with E-state index in [1.54, 1.807) is 4.90 Å². The number of amides is 2. The minimum atomic E-state index is -0.606. The lowest BCUT2D eigenvalue weighted by Gasteiger charge is -2.40. The number of nitrogens with one attached hydrogen (secondary N) is 1. The summed E-state index contributed by atoms with van der Waals surface area (Å²) in [7, 11) is 0. The fourth-order valence-electron chi connectivity index (χ4n) is 7.69. The smallest absolute Gasteiger partial charge is 0.410 e. The van der Waals surface area contributed by atoms with Gasteiger partial charge < -0.3 is 24.3 Å². The van der Waals surface area contributed by atoms with Gasteiger partial charge in [-0.3, -0.25) is 9.69 Å². The number of fused-ring (bicyclic) bond motifs is 1. The van der Waals surface area contributed by atoms with E-state index in [0.29, 0.717) is 32.7 Å². The van der Waals surface area contributed by atoms with Crippen molar-refractivity contribution in [2.24, 2.45) is 5.92 Å². The predicted octanol–water partition coefficient (Wildman–Crippen LogP) is 8.23. The number of H-pyrrole nitrogens is 1.